The zero-order chi connectivity index (χ0) is 32.6. The highest BCUT2D eigenvalue weighted by Crippen LogP contribution is 2.54. The molecular formula is C30H39F3N4O6. The minimum absolute atomic E-state index is 0.132. The Morgan fingerprint density at radius 1 is 1.19 bits per heavy atom. The number of aliphatic hydroxyl groups is 3. The monoisotopic (exact) mass is 608 g/mol. The van der Waals surface area contributed by atoms with Gasteiger partial charge in [-0.1, -0.05) is 27.7 Å². The highest BCUT2D eigenvalue weighted by atomic mass is 19.4. The Kier molecular flexibility index (Phi) is 8.04. The molecule has 0 aliphatic heterocycles. The number of carbonyl (C=O) groups excluding carboxylic acids is 2. The number of amides is 1. The van der Waals surface area contributed by atoms with Gasteiger partial charge in [0, 0.05) is 24.6 Å². The number of hydrogen-bond acceptors (Lipinski definition) is 9. The van der Waals surface area contributed by atoms with Crippen LogP contribution in [0.2, 0.25) is 0 Å². The summed E-state index contributed by atoms with van der Waals surface area (Å²) >= 11 is 0. The van der Waals surface area contributed by atoms with Crippen LogP contribution in [0.4, 0.5) is 13.2 Å². The van der Waals surface area contributed by atoms with Crippen LogP contribution in [0.15, 0.2) is 28.7 Å². The van der Waals surface area contributed by atoms with Gasteiger partial charge in [-0.05, 0) is 62.0 Å². The summed E-state index contributed by atoms with van der Waals surface area (Å²) < 4.78 is 44.3. The quantitative estimate of drug-likeness (QED) is 0.285. The van der Waals surface area contributed by atoms with Crippen molar-refractivity contribution in [2.24, 2.45) is 23.0 Å². The minimum Gasteiger partial charge on any atom is -0.510 e. The van der Waals surface area contributed by atoms with Gasteiger partial charge in [0.2, 0.25) is 0 Å². The van der Waals surface area contributed by atoms with E-state index in [0.29, 0.717) is 13.1 Å². The summed E-state index contributed by atoms with van der Waals surface area (Å²) in [5.74, 6) is -6.96. The first-order valence-corrected chi connectivity index (χ1v) is 14.0. The molecule has 0 aromatic heterocycles. The van der Waals surface area contributed by atoms with Crippen molar-refractivity contribution in [1.82, 2.24) is 9.80 Å². The van der Waals surface area contributed by atoms with Crippen molar-refractivity contribution in [2.45, 2.75) is 64.9 Å². The Balaban J connectivity index is 1.94. The third kappa shape index (κ3) is 5.21. The van der Waals surface area contributed by atoms with E-state index >= 15 is 0 Å². The fraction of sp³-hybridized carbons (Fsp3) is 0.567. The van der Waals surface area contributed by atoms with Crippen LogP contribution in [0.3, 0.4) is 0 Å². The lowest BCUT2D eigenvalue weighted by molar-refractivity contribution is -0.139. The smallest absolute Gasteiger partial charge is 0.417 e. The molecule has 13 heteroatoms. The number of nitrogens with two attached hydrogens (primary N) is 1. The van der Waals surface area contributed by atoms with Crippen LogP contribution in [0, 0.1) is 22.7 Å². The third-order valence-corrected chi connectivity index (χ3v) is 8.69. The van der Waals surface area contributed by atoms with Crippen molar-refractivity contribution in [3.8, 4) is 5.75 Å². The van der Waals surface area contributed by atoms with E-state index in [1.807, 2.05) is 32.6 Å². The predicted octanol–water partition coefficient (Wildman–Crippen LogP) is 3.46. The van der Waals surface area contributed by atoms with E-state index in [1.54, 1.807) is 0 Å². The molecule has 0 saturated carbocycles. The summed E-state index contributed by atoms with van der Waals surface area (Å²) in [7, 11) is 3.02. The van der Waals surface area contributed by atoms with Crippen LogP contribution in [0.5, 0.6) is 5.75 Å². The summed E-state index contributed by atoms with van der Waals surface area (Å²) in [5, 5.41) is 53.7. The number of phenolic OH excluding ortho intramolecular Hbond substituents is 1. The molecule has 1 amide bonds. The van der Waals surface area contributed by atoms with Gasteiger partial charge in [0.1, 0.15) is 22.8 Å². The maximum atomic E-state index is 14.8. The van der Waals surface area contributed by atoms with Crippen molar-refractivity contribution in [1.29, 1.82) is 5.41 Å². The van der Waals surface area contributed by atoms with Gasteiger partial charge in [-0.3, -0.25) is 19.4 Å². The standard InChI is InChI=1S/C30H39F3N4O6/c1-7-37(12-28(2,3)4)11-14-10-17(38)19-15(21(14)30(31,32)33)8-13-9-16-22(36(5)6)24(40)20(27(35)42)25(34)29(16,43)26(41)18(13)23(19)39/h10,13,16,22,34,38,40-41,43H,7-9,11-12H2,1-6H3,(H2,35,42)/t13-,16-,22-,29+/m0/s1. The summed E-state index contributed by atoms with van der Waals surface area (Å²) in [6.45, 7) is 8.48. The van der Waals surface area contributed by atoms with Gasteiger partial charge in [0.15, 0.2) is 11.4 Å². The molecule has 0 unspecified atom stereocenters. The van der Waals surface area contributed by atoms with E-state index in [-0.39, 0.29) is 23.9 Å². The molecule has 4 rings (SSSR count). The van der Waals surface area contributed by atoms with E-state index in [9.17, 15) is 43.2 Å². The molecule has 236 valence electrons. The van der Waals surface area contributed by atoms with Gasteiger partial charge in [-0.25, -0.2) is 0 Å². The molecule has 3 aliphatic carbocycles. The van der Waals surface area contributed by atoms with Crippen LogP contribution >= 0.6 is 0 Å². The van der Waals surface area contributed by atoms with Gasteiger partial charge in [-0.2, -0.15) is 13.2 Å². The van der Waals surface area contributed by atoms with Crippen molar-refractivity contribution in [3.63, 3.8) is 0 Å². The average molecular weight is 609 g/mol. The van der Waals surface area contributed by atoms with Gasteiger partial charge in [0.25, 0.3) is 5.91 Å². The number of halogens is 3. The van der Waals surface area contributed by atoms with Gasteiger partial charge >= 0.3 is 6.18 Å². The third-order valence-electron chi connectivity index (χ3n) is 8.69. The second-order valence-corrected chi connectivity index (χ2v) is 13.2. The van der Waals surface area contributed by atoms with Crippen LogP contribution in [0.1, 0.15) is 61.2 Å². The molecule has 7 N–H and O–H groups in total. The van der Waals surface area contributed by atoms with Gasteiger partial charge < -0.3 is 31.6 Å². The van der Waals surface area contributed by atoms with E-state index < -0.39 is 98.6 Å². The largest absolute Gasteiger partial charge is 0.510 e. The second kappa shape index (κ2) is 10.6. The summed E-state index contributed by atoms with van der Waals surface area (Å²) in [6.07, 6.45) is -5.52. The molecule has 0 bridgehead atoms. The number of aliphatic hydroxyl groups excluding tert-OH is 2. The highest BCUT2D eigenvalue weighted by Gasteiger charge is 2.61. The Morgan fingerprint density at radius 3 is 2.28 bits per heavy atom. The lowest BCUT2D eigenvalue weighted by Crippen LogP contribution is -2.63. The molecule has 0 spiro atoms. The lowest BCUT2D eigenvalue weighted by Gasteiger charge is -2.51. The Hall–Kier alpha value is -3.42. The van der Waals surface area contributed by atoms with E-state index in [2.05, 4.69) is 0 Å². The van der Waals surface area contributed by atoms with Crippen LogP contribution in [-0.4, -0.2) is 86.5 Å². The van der Waals surface area contributed by atoms with E-state index in [0.717, 1.165) is 6.07 Å². The number of rotatable bonds is 6. The number of hydrogen-bond donors (Lipinski definition) is 6. The summed E-state index contributed by atoms with van der Waals surface area (Å²) in [6, 6.07) is -0.237. The zero-order valence-corrected chi connectivity index (χ0v) is 25.1. The number of fused-ring (bicyclic) bond motifs is 3. The zero-order valence-electron chi connectivity index (χ0n) is 25.1. The maximum Gasteiger partial charge on any atom is 0.417 e. The predicted molar refractivity (Wildman–Crippen MR) is 152 cm³/mol. The number of aromatic hydroxyl groups is 1. The Bertz CT molecular complexity index is 1460. The summed E-state index contributed by atoms with van der Waals surface area (Å²) in [5.41, 5.74) is -1.83. The molecular weight excluding hydrogens is 569 g/mol. The van der Waals surface area contributed by atoms with Crippen LogP contribution < -0.4 is 5.73 Å². The topological polar surface area (TPSA) is 171 Å². The number of ketones is 1. The number of carbonyl (C=O) groups is 2. The Morgan fingerprint density at radius 2 is 1.79 bits per heavy atom. The number of alkyl halides is 3. The molecule has 43 heavy (non-hydrogen) atoms. The number of nitrogens with zero attached hydrogens (tertiary/aromatic N) is 2. The van der Waals surface area contributed by atoms with Crippen molar-refractivity contribution in [3.05, 3.63) is 51.0 Å². The number of phenols is 1. The van der Waals surface area contributed by atoms with Crippen molar-refractivity contribution in [2.75, 3.05) is 27.2 Å². The lowest BCUT2D eigenvalue weighted by atomic mass is 9.58. The fourth-order valence-corrected chi connectivity index (χ4v) is 7.11. The minimum atomic E-state index is -4.89. The number of allylic oxidation sites excluding steroid dienone is 1. The molecule has 3 aliphatic rings. The highest BCUT2D eigenvalue weighted by molar-refractivity contribution is 6.26. The molecule has 0 saturated heterocycles. The number of primary amides is 1. The van der Waals surface area contributed by atoms with Gasteiger partial charge in [-0.15, -0.1) is 0 Å². The van der Waals surface area contributed by atoms with Crippen molar-refractivity contribution >= 4 is 17.4 Å². The Labute approximate surface area is 247 Å². The number of nitrogens with one attached hydrogen (secondary N) is 1. The first kappa shape index (κ1) is 32.5. The number of Topliss-reactive ketones (excluding diaryl/α,β-unsaturated/α-hetero) is 1. The molecule has 10 nitrogen and oxygen atoms in total. The normalized spacial score (nSPS) is 26.2. The maximum absolute atomic E-state index is 14.8. The average Bonchev–Trinajstić information content (AvgIpc) is 2.83. The first-order valence-electron chi connectivity index (χ1n) is 14.0. The first-order chi connectivity index (χ1) is 19.7. The van der Waals surface area contributed by atoms with E-state index in [1.165, 1.54) is 19.0 Å². The van der Waals surface area contributed by atoms with Gasteiger partial charge in [0.05, 0.1) is 22.9 Å². The summed E-state index contributed by atoms with van der Waals surface area (Å²) in [4.78, 5) is 29.3. The van der Waals surface area contributed by atoms with Crippen LogP contribution in [-0.2, 0) is 23.9 Å². The number of benzene rings is 1. The van der Waals surface area contributed by atoms with Crippen molar-refractivity contribution < 1.29 is 43.2 Å². The number of likely N-dealkylation sites (N-methyl/N-ethyl adjacent to an activating group) is 1. The molecule has 4 atom stereocenters. The molecule has 0 heterocycles. The fourth-order valence-electron chi connectivity index (χ4n) is 7.11. The van der Waals surface area contributed by atoms with Crippen LogP contribution in [0.25, 0.3) is 0 Å². The van der Waals surface area contributed by atoms with E-state index in [4.69, 9.17) is 11.1 Å². The molecule has 1 aromatic carbocycles. The molecule has 0 radical (unpaired) electrons. The SMILES string of the molecule is CCN(Cc1cc(O)c2c(c1C(F)(F)F)C[C@H]1C[C@H]3[C@H](N(C)C)C(O)=C(C(N)=O)C(=N)[C@@]3(O)C(O)=C1C2=O)CC(C)(C)C. The second-order valence-electron chi connectivity index (χ2n) is 13.2. The molecule has 1 aromatic rings. The molecule has 0 fully saturated rings.